The molecule has 0 spiro atoms. The van der Waals surface area contributed by atoms with Crippen molar-refractivity contribution >= 4 is 11.9 Å². The van der Waals surface area contributed by atoms with Gasteiger partial charge in [0.05, 0.1) is 6.10 Å². The normalized spacial score (nSPS) is 38.8. The van der Waals surface area contributed by atoms with Crippen LogP contribution in [-0.4, -0.2) is 77.1 Å². The SMILES string of the molecule is CCN(CC)C(=O)N1CCN(C(=O)CCC(C)[C@H]2CC[C@H]3[C@@H]4CC=C5C[C@@H](O)CC[C@]5(C)[C@H]4CC[C@]23C)CC1. The number of piperazine rings is 1. The number of amides is 3. The number of urea groups is 1. The summed E-state index contributed by atoms with van der Waals surface area (Å²) >= 11 is 0. The number of carbonyl (C=O) groups is 2. The van der Waals surface area contributed by atoms with E-state index in [-0.39, 0.29) is 18.0 Å². The fourth-order valence-corrected chi connectivity index (χ4v) is 10.2. The van der Waals surface area contributed by atoms with Crippen molar-refractivity contribution in [2.24, 2.45) is 40.4 Å². The van der Waals surface area contributed by atoms with Crippen LogP contribution in [-0.2, 0) is 4.79 Å². The summed E-state index contributed by atoms with van der Waals surface area (Å²) < 4.78 is 0. The molecular weight excluding hydrogens is 486 g/mol. The number of carbonyl (C=O) groups excluding carboxylic acids is 2. The Morgan fingerprint density at radius 2 is 1.69 bits per heavy atom. The van der Waals surface area contributed by atoms with E-state index in [1.54, 1.807) is 5.57 Å². The molecule has 0 bridgehead atoms. The predicted octanol–water partition coefficient (Wildman–Crippen LogP) is 5.95. The van der Waals surface area contributed by atoms with E-state index >= 15 is 0 Å². The Morgan fingerprint density at radius 1 is 1.00 bits per heavy atom. The Morgan fingerprint density at radius 3 is 2.38 bits per heavy atom. The Hall–Kier alpha value is -1.56. The molecule has 0 radical (unpaired) electrons. The minimum absolute atomic E-state index is 0.110. The van der Waals surface area contributed by atoms with Gasteiger partial charge in [-0.15, -0.1) is 0 Å². The molecule has 4 aliphatic carbocycles. The average Bonchev–Trinajstić information content (AvgIpc) is 3.30. The molecule has 6 heteroatoms. The Labute approximate surface area is 237 Å². The molecule has 1 aliphatic heterocycles. The number of fused-ring (bicyclic) bond motifs is 5. The summed E-state index contributed by atoms with van der Waals surface area (Å²) in [6, 6.07) is 0.110. The number of nitrogens with zero attached hydrogens (tertiary/aromatic N) is 3. The number of aliphatic hydroxyl groups excluding tert-OH is 1. The minimum atomic E-state index is -0.131. The maximum atomic E-state index is 13.2. The molecule has 8 atom stereocenters. The summed E-state index contributed by atoms with van der Waals surface area (Å²) in [5, 5.41) is 10.3. The number of aliphatic hydroxyl groups is 1. The molecule has 5 rings (SSSR count). The molecule has 3 saturated carbocycles. The van der Waals surface area contributed by atoms with E-state index < -0.39 is 0 Å². The highest BCUT2D eigenvalue weighted by atomic mass is 16.3. The molecule has 1 unspecified atom stereocenters. The van der Waals surface area contributed by atoms with Gasteiger partial charge >= 0.3 is 6.03 Å². The van der Waals surface area contributed by atoms with Gasteiger partial charge in [-0.1, -0.05) is 32.4 Å². The van der Waals surface area contributed by atoms with Crippen LogP contribution in [0.1, 0.15) is 98.8 Å². The molecule has 0 aromatic carbocycles. The highest BCUT2D eigenvalue weighted by Gasteiger charge is 2.59. The maximum Gasteiger partial charge on any atom is 0.320 e. The molecule has 0 aromatic heterocycles. The number of hydrogen-bond acceptors (Lipinski definition) is 3. The lowest BCUT2D eigenvalue weighted by Crippen LogP contribution is -2.54. The van der Waals surface area contributed by atoms with Gasteiger partial charge in [0.2, 0.25) is 5.91 Å². The lowest BCUT2D eigenvalue weighted by Gasteiger charge is -2.58. The van der Waals surface area contributed by atoms with Crippen molar-refractivity contribution in [3.63, 3.8) is 0 Å². The molecule has 1 heterocycles. The zero-order valence-corrected chi connectivity index (χ0v) is 25.5. The third-order valence-electron chi connectivity index (χ3n) is 12.6. The van der Waals surface area contributed by atoms with Gasteiger partial charge in [0.15, 0.2) is 0 Å². The predicted molar refractivity (Wildman–Crippen MR) is 156 cm³/mol. The van der Waals surface area contributed by atoms with E-state index in [1.165, 1.54) is 32.1 Å². The van der Waals surface area contributed by atoms with Crippen LogP contribution in [0.15, 0.2) is 11.6 Å². The fraction of sp³-hybridized carbons (Fsp3) is 0.879. The van der Waals surface area contributed by atoms with Crippen LogP contribution in [0.5, 0.6) is 0 Å². The molecule has 220 valence electrons. The van der Waals surface area contributed by atoms with E-state index in [0.717, 1.165) is 56.5 Å². The summed E-state index contributed by atoms with van der Waals surface area (Å²) in [5.41, 5.74) is 2.26. The van der Waals surface area contributed by atoms with E-state index in [1.807, 2.05) is 28.5 Å². The monoisotopic (exact) mass is 541 g/mol. The van der Waals surface area contributed by atoms with Crippen molar-refractivity contribution in [3.05, 3.63) is 11.6 Å². The van der Waals surface area contributed by atoms with Gasteiger partial charge in [0.1, 0.15) is 0 Å². The highest BCUT2D eigenvalue weighted by molar-refractivity contribution is 5.77. The molecule has 0 aromatic rings. The van der Waals surface area contributed by atoms with Gasteiger partial charge in [-0.05, 0) is 112 Å². The van der Waals surface area contributed by atoms with Crippen LogP contribution in [0.2, 0.25) is 0 Å². The summed E-state index contributed by atoms with van der Waals surface area (Å²) in [4.78, 5) is 31.6. The smallest absolute Gasteiger partial charge is 0.320 e. The van der Waals surface area contributed by atoms with Crippen molar-refractivity contribution < 1.29 is 14.7 Å². The first-order chi connectivity index (χ1) is 18.6. The summed E-state index contributed by atoms with van der Waals surface area (Å²) in [6.45, 7) is 15.7. The largest absolute Gasteiger partial charge is 0.393 e. The Bertz CT molecular complexity index is 938. The van der Waals surface area contributed by atoms with Crippen molar-refractivity contribution in [1.82, 2.24) is 14.7 Å². The quantitative estimate of drug-likeness (QED) is 0.423. The van der Waals surface area contributed by atoms with E-state index in [4.69, 9.17) is 0 Å². The van der Waals surface area contributed by atoms with Gasteiger partial charge in [-0.25, -0.2) is 4.79 Å². The fourth-order valence-electron chi connectivity index (χ4n) is 10.2. The molecule has 3 amide bonds. The zero-order chi connectivity index (χ0) is 27.9. The lowest BCUT2D eigenvalue weighted by atomic mass is 9.47. The lowest BCUT2D eigenvalue weighted by molar-refractivity contribution is -0.133. The molecule has 5 aliphatic rings. The van der Waals surface area contributed by atoms with Gasteiger partial charge in [-0.2, -0.15) is 0 Å². The van der Waals surface area contributed by atoms with Crippen LogP contribution < -0.4 is 0 Å². The second-order valence-corrected chi connectivity index (χ2v) is 14.2. The van der Waals surface area contributed by atoms with Crippen molar-refractivity contribution in [2.45, 2.75) is 105 Å². The topological polar surface area (TPSA) is 64.1 Å². The number of hydrogen-bond donors (Lipinski definition) is 1. The molecule has 1 N–H and O–H groups in total. The summed E-state index contributed by atoms with van der Waals surface area (Å²) in [6.07, 6.45) is 13.6. The second kappa shape index (κ2) is 11.4. The van der Waals surface area contributed by atoms with Crippen LogP contribution in [0, 0.1) is 40.4 Å². The Balaban J connectivity index is 1.15. The van der Waals surface area contributed by atoms with E-state index in [9.17, 15) is 14.7 Å². The number of rotatable bonds is 6. The molecular formula is C33H55N3O3. The van der Waals surface area contributed by atoms with E-state index in [0.29, 0.717) is 55.3 Å². The van der Waals surface area contributed by atoms with Crippen molar-refractivity contribution in [1.29, 1.82) is 0 Å². The Kier molecular flexibility index (Phi) is 8.44. The number of allylic oxidation sites excluding steroid dienone is 1. The third-order valence-corrected chi connectivity index (χ3v) is 12.6. The first-order valence-corrected chi connectivity index (χ1v) is 16.3. The zero-order valence-electron chi connectivity index (χ0n) is 25.5. The van der Waals surface area contributed by atoms with Crippen LogP contribution >= 0.6 is 0 Å². The van der Waals surface area contributed by atoms with Crippen LogP contribution in [0.4, 0.5) is 4.79 Å². The second-order valence-electron chi connectivity index (χ2n) is 14.2. The first kappa shape index (κ1) is 29.0. The van der Waals surface area contributed by atoms with E-state index in [2.05, 4.69) is 26.8 Å². The van der Waals surface area contributed by atoms with Gasteiger partial charge in [0.25, 0.3) is 0 Å². The molecule has 39 heavy (non-hydrogen) atoms. The van der Waals surface area contributed by atoms with Crippen molar-refractivity contribution in [3.8, 4) is 0 Å². The van der Waals surface area contributed by atoms with Gasteiger partial charge in [-0.3, -0.25) is 4.79 Å². The maximum absolute atomic E-state index is 13.2. The minimum Gasteiger partial charge on any atom is -0.393 e. The van der Waals surface area contributed by atoms with Crippen LogP contribution in [0.25, 0.3) is 0 Å². The third kappa shape index (κ3) is 5.17. The molecule has 1 saturated heterocycles. The summed E-state index contributed by atoms with van der Waals surface area (Å²) in [5.74, 6) is 3.94. The van der Waals surface area contributed by atoms with Crippen molar-refractivity contribution in [2.75, 3.05) is 39.3 Å². The van der Waals surface area contributed by atoms with Crippen LogP contribution in [0.3, 0.4) is 0 Å². The standard InChI is InChI=1S/C33H55N3O3/c1-6-34(7-2)31(39)36-20-18-35(19-21-36)30(38)13-8-23(3)27-11-12-28-26-10-9-24-22-25(37)14-16-32(24,4)29(26)15-17-33(27,28)5/h9,23,25-29,37H,6-8,10-22H2,1-5H3/t23?,25-,26-,27+,28-,29-,32-,33+/m0/s1. The van der Waals surface area contributed by atoms with Gasteiger partial charge in [0, 0.05) is 45.7 Å². The van der Waals surface area contributed by atoms with Gasteiger partial charge < -0.3 is 19.8 Å². The molecule has 6 nitrogen and oxygen atoms in total. The highest BCUT2D eigenvalue weighted by Crippen LogP contribution is 2.67. The molecule has 4 fully saturated rings. The average molecular weight is 542 g/mol. The first-order valence-electron chi connectivity index (χ1n) is 16.3. The summed E-state index contributed by atoms with van der Waals surface area (Å²) in [7, 11) is 0.